The Bertz CT molecular complexity index is 1120. The standard InChI is InChI=1S/C26H26F2N2O5/c27-26(28)12-22(24(32)33)30(14-26)23(31)21(11-15-9-10-15)29-25(34)35-13-20-18-7-3-1-5-16(18)17-6-2-4-8-19(17)20/h1-8,15,20-22H,9-14H2,(H,29,34)(H,32,33)/t21-,22+/m0/s1. The van der Waals surface area contributed by atoms with Crippen molar-refractivity contribution in [2.45, 2.75) is 49.6 Å². The second-order valence-corrected chi connectivity index (χ2v) is 9.58. The van der Waals surface area contributed by atoms with Gasteiger partial charge in [0, 0.05) is 12.3 Å². The highest BCUT2D eigenvalue weighted by Crippen LogP contribution is 2.44. The van der Waals surface area contributed by atoms with Gasteiger partial charge in [-0.15, -0.1) is 0 Å². The highest BCUT2D eigenvalue weighted by molar-refractivity contribution is 5.90. The molecule has 35 heavy (non-hydrogen) atoms. The molecule has 2 amide bonds. The lowest BCUT2D eigenvalue weighted by atomic mass is 9.98. The molecular weight excluding hydrogens is 458 g/mol. The van der Waals surface area contributed by atoms with Crippen molar-refractivity contribution in [3.63, 3.8) is 0 Å². The van der Waals surface area contributed by atoms with Gasteiger partial charge in [-0.1, -0.05) is 61.4 Å². The number of carbonyl (C=O) groups is 3. The summed E-state index contributed by atoms with van der Waals surface area (Å²) in [6, 6.07) is 13.0. The number of fused-ring (bicyclic) bond motifs is 3. The van der Waals surface area contributed by atoms with Crippen molar-refractivity contribution in [2.75, 3.05) is 13.2 Å². The number of likely N-dealkylation sites (tertiary alicyclic amines) is 1. The van der Waals surface area contributed by atoms with Gasteiger partial charge in [-0.3, -0.25) is 4.79 Å². The van der Waals surface area contributed by atoms with E-state index in [0.717, 1.165) is 35.1 Å². The van der Waals surface area contributed by atoms with E-state index in [-0.39, 0.29) is 24.9 Å². The lowest BCUT2D eigenvalue weighted by Crippen LogP contribution is -2.52. The van der Waals surface area contributed by atoms with E-state index in [9.17, 15) is 28.3 Å². The Labute approximate surface area is 201 Å². The number of ether oxygens (including phenoxy) is 1. The fourth-order valence-electron chi connectivity index (χ4n) is 5.16. The molecule has 1 aliphatic heterocycles. The number of carboxylic acids is 1. The number of aliphatic carboxylic acids is 1. The van der Waals surface area contributed by atoms with Crippen LogP contribution in [0.3, 0.4) is 0 Å². The zero-order valence-corrected chi connectivity index (χ0v) is 19.0. The lowest BCUT2D eigenvalue weighted by molar-refractivity contribution is -0.149. The Morgan fingerprint density at radius 3 is 2.23 bits per heavy atom. The molecule has 3 aliphatic rings. The summed E-state index contributed by atoms with van der Waals surface area (Å²) in [7, 11) is 0. The number of nitrogens with one attached hydrogen (secondary N) is 1. The molecule has 2 fully saturated rings. The molecule has 0 bridgehead atoms. The summed E-state index contributed by atoms with van der Waals surface area (Å²) < 4.78 is 33.4. The maximum atomic E-state index is 13.9. The van der Waals surface area contributed by atoms with Crippen molar-refractivity contribution in [1.29, 1.82) is 0 Å². The molecule has 1 saturated heterocycles. The van der Waals surface area contributed by atoms with Crippen molar-refractivity contribution in [1.82, 2.24) is 10.2 Å². The van der Waals surface area contributed by atoms with Gasteiger partial charge in [-0.05, 0) is 34.6 Å². The summed E-state index contributed by atoms with van der Waals surface area (Å²) >= 11 is 0. The number of benzene rings is 2. The Morgan fingerprint density at radius 1 is 1.06 bits per heavy atom. The van der Waals surface area contributed by atoms with Crippen molar-refractivity contribution in [3.05, 3.63) is 59.7 Å². The van der Waals surface area contributed by atoms with Gasteiger partial charge < -0.3 is 20.1 Å². The predicted molar refractivity (Wildman–Crippen MR) is 122 cm³/mol. The third kappa shape index (κ3) is 4.72. The topological polar surface area (TPSA) is 95.9 Å². The van der Waals surface area contributed by atoms with Crippen LogP contribution in [0.25, 0.3) is 11.1 Å². The number of alkyl carbamates (subject to hydrolysis) is 1. The molecule has 2 atom stereocenters. The maximum Gasteiger partial charge on any atom is 0.407 e. The number of alkyl halides is 2. The van der Waals surface area contributed by atoms with E-state index in [4.69, 9.17) is 4.74 Å². The zero-order valence-electron chi connectivity index (χ0n) is 19.0. The van der Waals surface area contributed by atoms with E-state index >= 15 is 0 Å². The van der Waals surface area contributed by atoms with Gasteiger partial charge in [0.25, 0.3) is 5.92 Å². The molecule has 5 rings (SSSR count). The van der Waals surface area contributed by atoms with Crippen molar-refractivity contribution in [2.24, 2.45) is 5.92 Å². The van der Waals surface area contributed by atoms with Crippen LogP contribution >= 0.6 is 0 Å². The predicted octanol–water partition coefficient (Wildman–Crippen LogP) is 4.01. The number of hydrogen-bond donors (Lipinski definition) is 2. The van der Waals surface area contributed by atoms with Crippen LogP contribution in [0.5, 0.6) is 0 Å². The van der Waals surface area contributed by atoms with Crippen molar-refractivity contribution in [3.8, 4) is 11.1 Å². The lowest BCUT2D eigenvalue weighted by Gasteiger charge is -2.27. The Balaban J connectivity index is 1.28. The first-order valence-corrected chi connectivity index (χ1v) is 11.8. The van der Waals surface area contributed by atoms with Gasteiger partial charge in [-0.25, -0.2) is 18.4 Å². The van der Waals surface area contributed by atoms with Gasteiger partial charge in [-0.2, -0.15) is 0 Å². The monoisotopic (exact) mass is 484 g/mol. The summed E-state index contributed by atoms with van der Waals surface area (Å²) in [6.07, 6.45) is 0.236. The first-order chi connectivity index (χ1) is 16.7. The molecule has 184 valence electrons. The molecule has 2 aromatic rings. The van der Waals surface area contributed by atoms with E-state index < -0.39 is 48.9 Å². The minimum absolute atomic E-state index is 0.0454. The highest BCUT2D eigenvalue weighted by atomic mass is 19.3. The molecule has 2 N–H and O–H groups in total. The third-order valence-corrected chi connectivity index (χ3v) is 7.04. The SMILES string of the molecule is O=C(N[C@@H](CC1CC1)C(=O)N1CC(F)(F)C[C@@H]1C(=O)O)OCC1c2ccccc2-c2ccccc21. The second-order valence-electron chi connectivity index (χ2n) is 9.58. The average molecular weight is 484 g/mol. The van der Waals surface area contributed by atoms with Crippen LogP contribution in [0.15, 0.2) is 48.5 Å². The zero-order chi connectivity index (χ0) is 24.7. The van der Waals surface area contributed by atoms with Crippen LogP contribution in [0.1, 0.15) is 42.7 Å². The number of amides is 2. The van der Waals surface area contributed by atoms with Gasteiger partial charge in [0.15, 0.2) is 0 Å². The largest absolute Gasteiger partial charge is 0.480 e. The molecule has 0 aromatic heterocycles. The van der Waals surface area contributed by atoms with E-state index in [0.29, 0.717) is 4.90 Å². The summed E-state index contributed by atoms with van der Waals surface area (Å²) in [4.78, 5) is 38.0. The summed E-state index contributed by atoms with van der Waals surface area (Å²) in [5, 5.41) is 11.9. The fourth-order valence-corrected chi connectivity index (χ4v) is 5.16. The summed E-state index contributed by atoms with van der Waals surface area (Å²) in [5.41, 5.74) is 4.23. The number of rotatable bonds is 7. The van der Waals surface area contributed by atoms with Crippen molar-refractivity contribution < 1.29 is 33.0 Å². The minimum Gasteiger partial charge on any atom is -0.480 e. The molecule has 2 aromatic carbocycles. The highest BCUT2D eigenvalue weighted by Gasteiger charge is 2.51. The number of nitrogens with zero attached hydrogens (tertiary/aromatic N) is 1. The first kappa shape index (κ1) is 23.3. The van der Waals surface area contributed by atoms with Crippen LogP contribution in [0.2, 0.25) is 0 Å². The summed E-state index contributed by atoms with van der Waals surface area (Å²) in [6.45, 7) is -0.930. The van der Waals surface area contributed by atoms with Gasteiger partial charge in [0.2, 0.25) is 5.91 Å². The Morgan fingerprint density at radius 2 is 1.66 bits per heavy atom. The molecule has 0 spiro atoms. The Hall–Kier alpha value is -3.49. The number of halogens is 2. The first-order valence-electron chi connectivity index (χ1n) is 11.8. The van der Waals surface area contributed by atoms with Gasteiger partial charge >= 0.3 is 12.1 Å². The minimum atomic E-state index is -3.29. The average Bonchev–Trinajstić information content (AvgIpc) is 3.50. The van der Waals surface area contributed by atoms with Crippen LogP contribution in [-0.2, 0) is 14.3 Å². The number of carbonyl (C=O) groups excluding carboxylic acids is 2. The molecule has 7 nitrogen and oxygen atoms in total. The summed E-state index contributed by atoms with van der Waals surface area (Å²) in [5.74, 6) is -5.56. The molecule has 0 unspecified atom stereocenters. The smallest absolute Gasteiger partial charge is 0.407 e. The normalized spacial score (nSPS) is 21.2. The van der Waals surface area contributed by atoms with Crippen LogP contribution in [0, 0.1) is 5.92 Å². The number of hydrogen-bond acceptors (Lipinski definition) is 4. The van der Waals surface area contributed by atoms with E-state index in [2.05, 4.69) is 5.32 Å². The molecule has 1 heterocycles. The van der Waals surface area contributed by atoms with Crippen LogP contribution < -0.4 is 5.32 Å². The molecule has 9 heteroatoms. The van der Waals surface area contributed by atoms with E-state index in [1.165, 1.54) is 0 Å². The molecular formula is C26H26F2N2O5. The second kappa shape index (κ2) is 8.94. The van der Waals surface area contributed by atoms with Crippen molar-refractivity contribution >= 4 is 18.0 Å². The maximum absolute atomic E-state index is 13.9. The number of carboxylic acid groups (broad SMARTS) is 1. The van der Waals surface area contributed by atoms with E-state index in [1.54, 1.807) is 0 Å². The van der Waals surface area contributed by atoms with Crippen LogP contribution in [-0.4, -0.2) is 59.1 Å². The third-order valence-electron chi connectivity index (χ3n) is 7.04. The fraction of sp³-hybridized carbons (Fsp3) is 0.423. The molecule has 0 radical (unpaired) electrons. The quantitative estimate of drug-likeness (QED) is 0.619. The Kier molecular flexibility index (Phi) is 5.94. The molecule has 1 saturated carbocycles. The molecule has 2 aliphatic carbocycles. The van der Waals surface area contributed by atoms with Crippen LogP contribution in [0.4, 0.5) is 13.6 Å². The van der Waals surface area contributed by atoms with Gasteiger partial charge in [0.1, 0.15) is 18.7 Å². The van der Waals surface area contributed by atoms with E-state index in [1.807, 2.05) is 48.5 Å². The van der Waals surface area contributed by atoms with Gasteiger partial charge in [0.05, 0.1) is 6.54 Å².